The van der Waals surface area contributed by atoms with E-state index in [0.29, 0.717) is 18.6 Å². The van der Waals surface area contributed by atoms with Gasteiger partial charge >= 0.3 is 0 Å². The minimum Gasteiger partial charge on any atom is -0.396 e. The van der Waals surface area contributed by atoms with Crippen molar-refractivity contribution in [2.45, 2.75) is 57.5 Å². The minimum atomic E-state index is 0.346. The maximum atomic E-state index is 9.11. The zero-order valence-corrected chi connectivity index (χ0v) is 11.2. The van der Waals surface area contributed by atoms with Crippen LogP contribution in [0.4, 0.5) is 0 Å². The second-order valence-electron chi connectivity index (χ2n) is 5.81. The highest BCUT2D eigenvalue weighted by Gasteiger charge is 2.28. The number of hydrogen-bond donors (Lipinski definition) is 2. The number of likely N-dealkylation sites (tertiary alicyclic amines) is 1. The maximum Gasteiger partial charge on any atom is 0.0434 e. The average molecular weight is 240 g/mol. The maximum absolute atomic E-state index is 9.11. The third kappa shape index (κ3) is 3.94. The van der Waals surface area contributed by atoms with Gasteiger partial charge in [0.25, 0.3) is 0 Å². The smallest absolute Gasteiger partial charge is 0.0434 e. The van der Waals surface area contributed by atoms with Gasteiger partial charge in [-0.25, -0.2) is 0 Å². The number of nitrogens with zero attached hydrogens (tertiary/aromatic N) is 1. The number of rotatable bonds is 5. The molecule has 0 spiro atoms. The van der Waals surface area contributed by atoms with Gasteiger partial charge in [-0.3, -0.25) is 0 Å². The monoisotopic (exact) mass is 240 g/mol. The number of aliphatic hydroxyl groups is 1. The van der Waals surface area contributed by atoms with Crippen molar-refractivity contribution in [2.24, 2.45) is 5.92 Å². The summed E-state index contributed by atoms with van der Waals surface area (Å²) in [5.41, 5.74) is 0. The van der Waals surface area contributed by atoms with E-state index < -0.39 is 0 Å². The minimum absolute atomic E-state index is 0.346. The third-order valence-corrected chi connectivity index (χ3v) is 4.42. The van der Waals surface area contributed by atoms with Crippen LogP contribution in [0.3, 0.4) is 0 Å². The lowest BCUT2D eigenvalue weighted by atomic mass is 9.91. The van der Waals surface area contributed by atoms with Gasteiger partial charge in [-0.15, -0.1) is 0 Å². The van der Waals surface area contributed by atoms with Crippen LogP contribution in [0.25, 0.3) is 0 Å². The third-order valence-electron chi connectivity index (χ3n) is 4.42. The average Bonchev–Trinajstić information content (AvgIpc) is 2.82. The van der Waals surface area contributed by atoms with Crippen molar-refractivity contribution < 1.29 is 5.11 Å². The summed E-state index contributed by atoms with van der Waals surface area (Å²) in [6, 6.07) is 1.43. The van der Waals surface area contributed by atoms with E-state index in [0.717, 1.165) is 19.0 Å². The molecule has 1 saturated carbocycles. The van der Waals surface area contributed by atoms with Crippen LogP contribution in [0.15, 0.2) is 0 Å². The Kier molecular flexibility index (Phi) is 5.26. The summed E-state index contributed by atoms with van der Waals surface area (Å²) < 4.78 is 0. The molecule has 0 aromatic carbocycles. The van der Waals surface area contributed by atoms with Crippen molar-refractivity contribution >= 4 is 0 Å². The Morgan fingerprint density at radius 2 is 1.94 bits per heavy atom. The van der Waals surface area contributed by atoms with E-state index in [-0.39, 0.29) is 0 Å². The Morgan fingerprint density at radius 1 is 1.18 bits per heavy atom. The summed E-state index contributed by atoms with van der Waals surface area (Å²) in [6.07, 6.45) is 7.78. The van der Waals surface area contributed by atoms with E-state index in [1.54, 1.807) is 0 Å². The van der Waals surface area contributed by atoms with Crippen LogP contribution in [-0.4, -0.2) is 48.3 Å². The van der Waals surface area contributed by atoms with Gasteiger partial charge in [0, 0.05) is 31.8 Å². The Hall–Kier alpha value is -0.120. The quantitative estimate of drug-likeness (QED) is 0.766. The van der Waals surface area contributed by atoms with Crippen LogP contribution in [0.1, 0.15) is 45.4 Å². The van der Waals surface area contributed by atoms with Crippen LogP contribution in [-0.2, 0) is 0 Å². The highest BCUT2D eigenvalue weighted by atomic mass is 16.3. The first-order chi connectivity index (χ1) is 8.31. The summed E-state index contributed by atoms with van der Waals surface area (Å²) in [7, 11) is 0. The molecule has 2 fully saturated rings. The molecule has 0 bridgehead atoms. The van der Waals surface area contributed by atoms with Crippen molar-refractivity contribution in [1.29, 1.82) is 0 Å². The Labute approximate surface area is 106 Å². The largest absolute Gasteiger partial charge is 0.396 e. The van der Waals surface area contributed by atoms with Crippen molar-refractivity contribution in [1.82, 2.24) is 10.2 Å². The first-order valence-electron chi connectivity index (χ1n) is 7.41. The van der Waals surface area contributed by atoms with E-state index in [9.17, 15) is 0 Å². The van der Waals surface area contributed by atoms with E-state index in [1.165, 1.54) is 45.2 Å². The molecule has 3 nitrogen and oxygen atoms in total. The number of hydrogen-bond acceptors (Lipinski definition) is 3. The summed E-state index contributed by atoms with van der Waals surface area (Å²) in [4.78, 5) is 2.54. The van der Waals surface area contributed by atoms with E-state index in [4.69, 9.17) is 5.11 Å². The molecule has 17 heavy (non-hydrogen) atoms. The fourth-order valence-corrected chi connectivity index (χ4v) is 3.50. The molecule has 0 amide bonds. The Morgan fingerprint density at radius 3 is 2.59 bits per heavy atom. The summed E-state index contributed by atoms with van der Waals surface area (Å²) >= 11 is 0. The van der Waals surface area contributed by atoms with Gasteiger partial charge in [-0.1, -0.05) is 19.8 Å². The fourth-order valence-electron chi connectivity index (χ4n) is 3.50. The lowest BCUT2D eigenvalue weighted by molar-refractivity contribution is 0.121. The molecule has 0 aromatic heterocycles. The summed E-state index contributed by atoms with van der Waals surface area (Å²) in [6.45, 7) is 6.12. The second kappa shape index (κ2) is 6.72. The first-order valence-corrected chi connectivity index (χ1v) is 7.41. The lowest BCUT2D eigenvalue weighted by Crippen LogP contribution is -2.51. The number of piperidine rings is 1. The zero-order valence-electron chi connectivity index (χ0n) is 11.2. The van der Waals surface area contributed by atoms with Gasteiger partial charge in [-0.2, -0.15) is 0 Å². The Balaban J connectivity index is 1.82. The molecule has 1 saturated heterocycles. The number of likely N-dealkylation sites (N-methyl/N-ethyl adjacent to an activating group) is 1. The lowest BCUT2D eigenvalue weighted by Gasteiger charge is -2.38. The molecule has 3 heteroatoms. The van der Waals surface area contributed by atoms with Crippen LogP contribution >= 0.6 is 0 Å². The standard InChI is InChI=1S/C14H28N2O/c1-2-16-10-12(7-8-17)9-14(11-16)15-13-5-3-4-6-13/h12-15,17H,2-11H2,1H3. The topological polar surface area (TPSA) is 35.5 Å². The van der Waals surface area contributed by atoms with Crippen LogP contribution in [0.5, 0.6) is 0 Å². The molecule has 0 aromatic rings. The van der Waals surface area contributed by atoms with Gasteiger partial charge in [0.2, 0.25) is 0 Å². The number of nitrogens with one attached hydrogen (secondary N) is 1. The number of aliphatic hydroxyl groups excluding tert-OH is 1. The zero-order chi connectivity index (χ0) is 12.1. The van der Waals surface area contributed by atoms with Crippen molar-refractivity contribution in [2.75, 3.05) is 26.2 Å². The van der Waals surface area contributed by atoms with E-state index >= 15 is 0 Å². The molecule has 1 heterocycles. The summed E-state index contributed by atoms with van der Waals surface area (Å²) in [5, 5.41) is 13.0. The molecule has 2 atom stereocenters. The van der Waals surface area contributed by atoms with Gasteiger partial charge in [-0.05, 0) is 38.1 Å². The highest BCUT2D eigenvalue weighted by molar-refractivity contribution is 4.86. The van der Waals surface area contributed by atoms with Gasteiger partial charge in [0.1, 0.15) is 0 Å². The van der Waals surface area contributed by atoms with E-state index in [2.05, 4.69) is 17.1 Å². The van der Waals surface area contributed by atoms with Crippen LogP contribution < -0.4 is 5.32 Å². The van der Waals surface area contributed by atoms with Crippen molar-refractivity contribution in [3.63, 3.8) is 0 Å². The fraction of sp³-hybridized carbons (Fsp3) is 1.00. The first kappa shape index (κ1) is 13.3. The predicted octanol–water partition coefficient (Wildman–Crippen LogP) is 1.61. The van der Waals surface area contributed by atoms with Crippen molar-refractivity contribution in [3.05, 3.63) is 0 Å². The molecule has 1 aliphatic carbocycles. The van der Waals surface area contributed by atoms with Crippen molar-refractivity contribution in [3.8, 4) is 0 Å². The molecule has 0 radical (unpaired) electrons. The molecule has 2 N–H and O–H groups in total. The molecule has 100 valence electrons. The highest BCUT2D eigenvalue weighted by Crippen LogP contribution is 2.23. The molecular formula is C14H28N2O. The van der Waals surface area contributed by atoms with Gasteiger partial charge < -0.3 is 15.3 Å². The molecule has 2 aliphatic rings. The van der Waals surface area contributed by atoms with Crippen LogP contribution in [0, 0.1) is 5.92 Å². The van der Waals surface area contributed by atoms with Gasteiger partial charge in [0.15, 0.2) is 0 Å². The SMILES string of the molecule is CCN1CC(CCO)CC(NC2CCCC2)C1. The Bertz CT molecular complexity index is 216. The normalized spacial score (nSPS) is 32.1. The molecule has 1 aliphatic heterocycles. The van der Waals surface area contributed by atoms with E-state index in [1.807, 2.05) is 0 Å². The predicted molar refractivity (Wildman–Crippen MR) is 71.1 cm³/mol. The van der Waals surface area contributed by atoms with Gasteiger partial charge in [0.05, 0.1) is 0 Å². The summed E-state index contributed by atoms with van der Waals surface area (Å²) in [5.74, 6) is 0.688. The molecule has 2 unspecified atom stereocenters. The second-order valence-corrected chi connectivity index (χ2v) is 5.81. The molecular weight excluding hydrogens is 212 g/mol. The van der Waals surface area contributed by atoms with Crippen LogP contribution in [0.2, 0.25) is 0 Å². The molecule has 2 rings (SSSR count).